The number of ether oxygens (including phenoxy) is 1. The third kappa shape index (κ3) is 8.42. The van der Waals surface area contributed by atoms with Gasteiger partial charge in [0, 0.05) is 26.2 Å². The van der Waals surface area contributed by atoms with Crippen LogP contribution in [-0.2, 0) is 9.53 Å². The van der Waals surface area contributed by atoms with Crippen molar-refractivity contribution in [3.63, 3.8) is 0 Å². The number of hydrogen-bond donors (Lipinski definition) is 2. The Morgan fingerprint density at radius 2 is 2.00 bits per heavy atom. The van der Waals surface area contributed by atoms with Crippen LogP contribution in [0.4, 0.5) is 4.79 Å². The summed E-state index contributed by atoms with van der Waals surface area (Å²) in [7, 11) is 0. The topological polar surface area (TPSA) is 78.9 Å². The van der Waals surface area contributed by atoms with Crippen molar-refractivity contribution in [2.45, 2.75) is 33.6 Å². The minimum atomic E-state index is -0.894. The zero-order valence-electron chi connectivity index (χ0n) is 12.1. The number of hydrogen-bond acceptors (Lipinski definition) is 3. The number of aliphatic carboxylic acids is 1. The summed E-state index contributed by atoms with van der Waals surface area (Å²) in [4.78, 5) is 24.0. The molecule has 0 bridgehead atoms. The minimum absolute atomic E-state index is 0.217. The van der Waals surface area contributed by atoms with Gasteiger partial charge in [0.15, 0.2) is 0 Å². The number of urea groups is 1. The van der Waals surface area contributed by atoms with Crippen LogP contribution in [0.1, 0.15) is 33.6 Å². The highest BCUT2D eigenvalue weighted by molar-refractivity contribution is 5.75. The number of carboxylic acid groups (broad SMARTS) is 1. The highest BCUT2D eigenvalue weighted by Gasteiger charge is 2.18. The second-order valence-corrected chi connectivity index (χ2v) is 4.48. The Morgan fingerprint density at radius 3 is 2.53 bits per heavy atom. The molecule has 0 radical (unpaired) electrons. The summed E-state index contributed by atoms with van der Waals surface area (Å²) in [5, 5.41) is 11.6. The number of nitrogens with one attached hydrogen (secondary N) is 1. The van der Waals surface area contributed by atoms with E-state index in [1.54, 1.807) is 6.92 Å². The number of nitrogens with zero attached hydrogens (tertiary/aromatic N) is 1. The minimum Gasteiger partial charge on any atom is -0.481 e. The molecule has 0 aromatic heterocycles. The Bertz CT molecular complexity index is 271. The molecule has 0 saturated carbocycles. The molecule has 6 heteroatoms. The zero-order valence-corrected chi connectivity index (χ0v) is 12.1. The van der Waals surface area contributed by atoms with Crippen LogP contribution in [0.2, 0.25) is 0 Å². The smallest absolute Gasteiger partial charge is 0.317 e. The van der Waals surface area contributed by atoms with Gasteiger partial charge in [-0.25, -0.2) is 4.79 Å². The molecule has 2 N–H and O–H groups in total. The highest BCUT2D eigenvalue weighted by atomic mass is 16.5. The van der Waals surface area contributed by atoms with Crippen molar-refractivity contribution in [3.8, 4) is 0 Å². The molecule has 112 valence electrons. The second-order valence-electron chi connectivity index (χ2n) is 4.48. The molecule has 19 heavy (non-hydrogen) atoms. The van der Waals surface area contributed by atoms with Crippen molar-refractivity contribution in [1.82, 2.24) is 10.2 Å². The van der Waals surface area contributed by atoms with Crippen LogP contribution in [0.25, 0.3) is 0 Å². The molecule has 0 saturated heterocycles. The molecule has 0 aromatic carbocycles. The SMILES string of the molecule is CCCCOCCNC(=O)N(CC)CC(C)C(=O)O. The summed E-state index contributed by atoms with van der Waals surface area (Å²) in [5.41, 5.74) is 0. The molecule has 1 atom stereocenters. The van der Waals surface area contributed by atoms with Crippen molar-refractivity contribution in [2.75, 3.05) is 32.8 Å². The molecule has 1 unspecified atom stereocenters. The maximum atomic E-state index is 11.8. The largest absolute Gasteiger partial charge is 0.481 e. The van der Waals surface area contributed by atoms with E-state index in [1.807, 2.05) is 6.92 Å². The average Bonchev–Trinajstić information content (AvgIpc) is 2.39. The van der Waals surface area contributed by atoms with Crippen molar-refractivity contribution in [1.29, 1.82) is 0 Å². The lowest BCUT2D eigenvalue weighted by Crippen LogP contribution is -2.44. The van der Waals surface area contributed by atoms with Crippen molar-refractivity contribution >= 4 is 12.0 Å². The Balaban J connectivity index is 3.85. The normalized spacial score (nSPS) is 11.9. The Kier molecular flexibility index (Phi) is 9.88. The van der Waals surface area contributed by atoms with E-state index in [0.29, 0.717) is 26.3 Å². The van der Waals surface area contributed by atoms with E-state index in [1.165, 1.54) is 4.90 Å². The number of amides is 2. The lowest BCUT2D eigenvalue weighted by molar-refractivity contribution is -0.141. The van der Waals surface area contributed by atoms with E-state index in [9.17, 15) is 9.59 Å². The molecular formula is C13H26N2O4. The van der Waals surface area contributed by atoms with Gasteiger partial charge >= 0.3 is 12.0 Å². The third-order valence-corrected chi connectivity index (χ3v) is 2.75. The van der Waals surface area contributed by atoms with Crippen LogP contribution in [0, 0.1) is 5.92 Å². The van der Waals surface area contributed by atoms with Crippen LogP contribution >= 0.6 is 0 Å². The number of carbonyl (C=O) groups excluding carboxylic acids is 1. The van der Waals surface area contributed by atoms with Crippen molar-refractivity contribution in [2.24, 2.45) is 5.92 Å². The van der Waals surface area contributed by atoms with Crippen molar-refractivity contribution in [3.05, 3.63) is 0 Å². The van der Waals surface area contributed by atoms with Gasteiger partial charge in [-0.05, 0) is 13.3 Å². The molecule has 0 aliphatic heterocycles. The standard InChI is InChI=1S/C13H26N2O4/c1-4-6-8-19-9-7-14-13(18)15(5-2)10-11(3)12(16)17/h11H,4-10H2,1-3H3,(H,14,18)(H,16,17). The van der Waals surface area contributed by atoms with Gasteiger partial charge in [0.2, 0.25) is 0 Å². The summed E-state index contributed by atoms with van der Waals surface area (Å²) < 4.78 is 5.33. The van der Waals surface area contributed by atoms with Crippen molar-refractivity contribution < 1.29 is 19.4 Å². The fraction of sp³-hybridized carbons (Fsp3) is 0.846. The van der Waals surface area contributed by atoms with Gasteiger partial charge in [0.25, 0.3) is 0 Å². The van der Waals surface area contributed by atoms with E-state index in [2.05, 4.69) is 12.2 Å². The first-order chi connectivity index (χ1) is 9.02. The van der Waals surface area contributed by atoms with E-state index >= 15 is 0 Å². The lowest BCUT2D eigenvalue weighted by Gasteiger charge is -2.23. The van der Waals surface area contributed by atoms with E-state index in [4.69, 9.17) is 9.84 Å². The molecule has 0 spiro atoms. The van der Waals surface area contributed by atoms with Crippen LogP contribution in [-0.4, -0.2) is 54.9 Å². The fourth-order valence-corrected chi connectivity index (χ4v) is 1.45. The molecule has 0 aliphatic carbocycles. The van der Waals surface area contributed by atoms with Crippen LogP contribution in [0.15, 0.2) is 0 Å². The van der Waals surface area contributed by atoms with Gasteiger partial charge < -0.3 is 20.1 Å². The summed E-state index contributed by atoms with van der Waals surface area (Å²) >= 11 is 0. The summed E-state index contributed by atoms with van der Waals surface area (Å²) in [6.45, 7) is 7.85. The molecule has 6 nitrogen and oxygen atoms in total. The Labute approximate surface area is 115 Å². The third-order valence-electron chi connectivity index (χ3n) is 2.75. The van der Waals surface area contributed by atoms with Gasteiger partial charge in [-0.3, -0.25) is 4.79 Å². The van der Waals surface area contributed by atoms with Gasteiger partial charge in [0.05, 0.1) is 12.5 Å². The maximum absolute atomic E-state index is 11.8. The second kappa shape index (κ2) is 10.6. The summed E-state index contributed by atoms with van der Waals surface area (Å²) in [6, 6.07) is -0.241. The van der Waals surface area contributed by atoms with Crippen LogP contribution in [0.3, 0.4) is 0 Å². The Hall–Kier alpha value is -1.30. The monoisotopic (exact) mass is 274 g/mol. The Morgan fingerprint density at radius 1 is 1.32 bits per heavy atom. The number of carboxylic acids is 1. The van der Waals surface area contributed by atoms with Gasteiger partial charge in [0.1, 0.15) is 0 Å². The summed E-state index contributed by atoms with van der Waals surface area (Å²) in [5.74, 6) is -1.46. The lowest BCUT2D eigenvalue weighted by atomic mass is 10.2. The van der Waals surface area contributed by atoms with Crippen LogP contribution < -0.4 is 5.32 Å². The maximum Gasteiger partial charge on any atom is 0.317 e. The van der Waals surface area contributed by atoms with Gasteiger partial charge in [-0.1, -0.05) is 20.3 Å². The zero-order chi connectivity index (χ0) is 14.7. The fourth-order valence-electron chi connectivity index (χ4n) is 1.45. The highest BCUT2D eigenvalue weighted by Crippen LogP contribution is 2.00. The predicted octanol–water partition coefficient (Wildman–Crippen LogP) is 1.56. The number of rotatable bonds is 10. The first-order valence-electron chi connectivity index (χ1n) is 6.86. The predicted molar refractivity (Wildman–Crippen MR) is 73.2 cm³/mol. The molecule has 0 rings (SSSR count). The van der Waals surface area contributed by atoms with Crippen LogP contribution in [0.5, 0.6) is 0 Å². The first-order valence-corrected chi connectivity index (χ1v) is 6.86. The molecular weight excluding hydrogens is 248 g/mol. The van der Waals surface area contributed by atoms with E-state index in [0.717, 1.165) is 12.8 Å². The number of unbranched alkanes of at least 4 members (excludes halogenated alkanes) is 1. The molecule has 0 heterocycles. The molecule has 0 fully saturated rings. The number of carbonyl (C=O) groups is 2. The first kappa shape index (κ1) is 17.7. The molecule has 0 aromatic rings. The average molecular weight is 274 g/mol. The summed E-state index contributed by atoms with van der Waals surface area (Å²) in [6.07, 6.45) is 2.11. The quantitative estimate of drug-likeness (QED) is 0.592. The van der Waals surface area contributed by atoms with Gasteiger partial charge in [-0.2, -0.15) is 0 Å². The van der Waals surface area contributed by atoms with Gasteiger partial charge in [-0.15, -0.1) is 0 Å². The van der Waals surface area contributed by atoms with E-state index in [-0.39, 0.29) is 12.6 Å². The molecule has 2 amide bonds. The van der Waals surface area contributed by atoms with E-state index < -0.39 is 11.9 Å². The molecule has 0 aliphatic rings.